The lowest BCUT2D eigenvalue weighted by Crippen LogP contribution is -2.20. The molecular weight excluding hydrogens is 244 g/mol. The third-order valence-corrected chi connectivity index (χ3v) is 3.56. The van der Waals surface area contributed by atoms with Crippen molar-refractivity contribution < 1.29 is 0 Å². The molecular formula is C18H24N2. The molecule has 0 saturated heterocycles. The molecule has 2 nitrogen and oxygen atoms in total. The number of nitrogens with zero attached hydrogens (tertiary/aromatic N) is 1. The van der Waals surface area contributed by atoms with Crippen molar-refractivity contribution in [3.63, 3.8) is 0 Å². The molecule has 2 aromatic rings. The Kier molecular flexibility index (Phi) is 5.19. The molecule has 0 aromatic heterocycles. The fraction of sp³-hybridized carbons (Fsp3) is 0.333. The summed E-state index contributed by atoms with van der Waals surface area (Å²) in [5, 5.41) is 3.15. The van der Waals surface area contributed by atoms with Crippen molar-refractivity contribution in [1.29, 1.82) is 0 Å². The number of hydrogen-bond donors (Lipinski definition) is 1. The van der Waals surface area contributed by atoms with Crippen molar-refractivity contribution >= 4 is 5.69 Å². The van der Waals surface area contributed by atoms with E-state index in [-0.39, 0.29) is 0 Å². The molecule has 0 atom stereocenters. The third-order valence-electron chi connectivity index (χ3n) is 3.56. The smallest absolute Gasteiger partial charge is 0.0337 e. The van der Waals surface area contributed by atoms with Gasteiger partial charge < -0.3 is 10.2 Å². The quantitative estimate of drug-likeness (QED) is 0.859. The lowest BCUT2D eigenvalue weighted by atomic mass is 10.1. The average Bonchev–Trinajstić information content (AvgIpc) is 2.46. The minimum Gasteiger partial charge on any atom is -0.388 e. The fourth-order valence-electron chi connectivity index (χ4n) is 2.36. The lowest BCUT2D eigenvalue weighted by molar-refractivity contribution is 0.331. The summed E-state index contributed by atoms with van der Waals surface area (Å²) in [6, 6.07) is 17.4. The van der Waals surface area contributed by atoms with E-state index in [2.05, 4.69) is 72.7 Å². The van der Waals surface area contributed by atoms with Crippen LogP contribution < -0.4 is 5.32 Å². The molecule has 0 aliphatic rings. The molecule has 1 N–H and O–H groups in total. The Morgan fingerprint density at radius 3 is 2.40 bits per heavy atom. The van der Waals surface area contributed by atoms with E-state index in [1.807, 2.05) is 7.05 Å². The molecule has 0 heterocycles. The molecule has 2 heteroatoms. The van der Waals surface area contributed by atoms with E-state index in [4.69, 9.17) is 0 Å². The highest BCUT2D eigenvalue weighted by Gasteiger charge is 2.01. The van der Waals surface area contributed by atoms with Crippen molar-refractivity contribution in [3.05, 3.63) is 65.2 Å². The fourth-order valence-corrected chi connectivity index (χ4v) is 2.36. The minimum atomic E-state index is 0.996. The summed E-state index contributed by atoms with van der Waals surface area (Å²) in [6.45, 7) is 4.23. The second-order valence-electron chi connectivity index (χ2n) is 5.42. The number of likely N-dealkylation sites (N-methyl/N-ethyl adjacent to an activating group) is 1. The number of anilines is 1. The largest absolute Gasteiger partial charge is 0.388 e. The van der Waals surface area contributed by atoms with E-state index in [1.165, 1.54) is 16.7 Å². The van der Waals surface area contributed by atoms with E-state index < -0.39 is 0 Å². The van der Waals surface area contributed by atoms with Crippen molar-refractivity contribution in [3.8, 4) is 0 Å². The number of rotatable bonds is 6. The van der Waals surface area contributed by atoms with Gasteiger partial charge >= 0.3 is 0 Å². The van der Waals surface area contributed by atoms with Crippen molar-refractivity contribution in [1.82, 2.24) is 4.90 Å². The maximum Gasteiger partial charge on any atom is 0.0337 e. The highest BCUT2D eigenvalue weighted by Crippen LogP contribution is 2.11. The zero-order chi connectivity index (χ0) is 14.4. The number of nitrogens with one attached hydrogen (secondary N) is 1. The summed E-state index contributed by atoms with van der Waals surface area (Å²) in [5.41, 5.74) is 5.28. The van der Waals surface area contributed by atoms with Gasteiger partial charge in [0.2, 0.25) is 0 Å². The first kappa shape index (κ1) is 14.6. The Balaban J connectivity index is 1.84. The molecule has 0 saturated carbocycles. The van der Waals surface area contributed by atoms with Gasteiger partial charge in [-0.1, -0.05) is 42.0 Å². The highest BCUT2D eigenvalue weighted by atomic mass is 15.1. The molecule has 0 spiro atoms. The Bertz CT molecular complexity index is 531. The zero-order valence-corrected chi connectivity index (χ0v) is 12.7. The predicted octanol–water partition coefficient (Wildman–Crippen LogP) is 3.71. The third kappa shape index (κ3) is 4.39. The molecule has 0 amide bonds. The van der Waals surface area contributed by atoms with Crippen LogP contribution in [0.1, 0.15) is 16.7 Å². The lowest BCUT2D eigenvalue weighted by Gasteiger charge is -2.17. The van der Waals surface area contributed by atoms with Crippen LogP contribution in [-0.4, -0.2) is 25.5 Å². The van der Waals surface area contributed by atoms with Crippen LogP contribution in [0.5, 0.6) is 0 Å². The van der Waals surface area contributed by atoms with Crippen LogP contribution >= 0.6 is 0 Å². The maximum atomic E-state index is 3.15. The van der Waals surface area contributed by atoms with Gasteiger partial charge in [-0.05, 0) is 43.7 Å². The van der Waals surface area contributed by atoms with Crippen LogP contribution in [0, 0.1) is 6.92 Å². The van der Waals surface area contributed by atoms with E-state index in [1.54, 1.807) is 0 Å². The Morgan fingerprint density at radius 2 is 1.75 bits per heavy atom. The van der Waals surface area contributed by atoms with E-state index in [9.17, 15) is 0 Å². The topological polar surface area (TPSA) is 15.3 Å². The van der Waals surface area contributed by atoms with Crippen LogP contribution in [0.4, 0.5) is 5.69 Å². The molecule has 0 radical (unpaired) electrons. The summed E-state index contributed by atoms with van der Waals surface area (Å²) in [6.07, 6.45) is 1.10. The van der Waals surface area contributed by atoms with Crippen molar-refractivity contribution in [2.45, 2.75) is 19.9 Å². The van der Waals surface area contributed by atoms with E-state index in [0.717, 1.165) is 25.2 Å². The summed E-state index contributed by atoms with van der Waals surface area (Å²) in [5.74, 6) is 0. The van der Waals surface area contributed by atoms with Gasteiger partial charge in [-0.3, -0.25) is 0 Å². The maximum absolute atomic E-state index is 3.15. The zero-order valence-electron chi connectivity index (χ0n) is 12.7. The summed E-state index contributed by atoms with van der Waals surface area (Å²) < 4.78 is 0. The van der Waals surface area contributed by atoms with Gasteiger partial charge in [0.1, 0.15) is 0 Å². The van der Waals surface area contributed by atoms with Crippen LogP contribution in [0.3, 0.4) is 0 Å². The summed E-state index contributed by atoms with van der Waals surface area (Å²) in [7, 11) is 4.13. The Labute approximate surface area is 122 Å². The van der Waals surface area contributed by atoms with Gasteiger partial charge in [0, 0.05) is 25.8 Å². The van der Waals surface area contributed by atoms with Crippen molar-refractivity contribution in [2.75, 3.05) is 26.0 Å². The van der Waals surface area contributed by atoms with Crippen LogP contribution in [0.15, 0.2) is 48.5 Å². The standard InChI is InChI=1S/C18H24N2/c1-15-5-4-6-16(13-15)11-12-20(3)14-17-7-9-18(19-2)10-8-17/h4-10,13,19H,11-12,14H2,1-3H3. The molecule has 0 unspecified atom stereocenters. The molecule has 2 rings (SSSR count). The first-order chi connectivity index (χ1) is 9.67. The molecule has 106 valence electrons. The van der Waals surface area contributed by atoms with Crippen LogP contribution in [0.25, 0.3) is 0 Å². The Morgan fingerprint density at radius 1 is 1.00 bits per heavy atom. The number of aryl methyl sites for hydroxylation is 1. The number of hydrogen-bond acceptors (Lipinski definition) is 2. The normalized spacial score (nSPS) is 10.8. The van der Waals surface area contributed by atoms with Crippen molar-refractivity contribution in [2.24, 2.45) is 0 Å². The first-order valence-electron chi connectivity index (χ1n) is 7.18. The molecule has 0 aliphatic heterocycles. The molecule has 0 fully saturated rings. The molecule has 20 heavy (non-hydrogen) atoms. The van der Waals surface area contributed by atoms with Gasteiger partial charge in [-0.25, -0.2) is 0 Å². The second kappa shape index (κ2) is 7.11. The first-order valence-corrected chi connectivity index (χ1v) is 7.18. The predicted molar refractivity (Wildman–Crippen MR) is 87.2 cm³/mol. The number of benzene rings is 2. The minimum absolute atomic E-state index is 0.996. The summed E-state index contributed by atoms with van der Waals surface area (Å²) in [4.78, 5) is 2.37. The average molecular weight is 268 g/mol. The molecule has 2 aromatic carbocycles. The van der Waals surface area contributed by atoms with Gasteiger partial charge in [0.05, 0.1) is 0 Å². The molecule has 0 bridgehead atoms. The summed E-state index contributed by atoms with van der Waals surface area (Å²) >= 11 is 0. The Hall–Kier alpha value is -1.80. The van der Waals surface area contributed by atoms with E-state index >= 15 is 0 Å². The SMILES string of the molecule is CNc1ccc(CN(C)CCc2cccc(C)c2)cc1. The van der Waals surface area contributed by atoms with Gasteiger partial charge in [0.15, 0.2) is 0 Å². The molecule has 0 aliphatic carbocycles. The second-order valence-corrected chi connectivity index (χ2v) is 5.42. The van der Waals surface area contributed by atoms with Gasteiger partial charge in [-0.15, -0.1) is 0 Å². The monoisotopic (exact) mass is 268 g/mol. The van der Waals surface area contributed by atoms with E-state index in [0.29, 0.717) is 0 Å². The van der Waals surface area contributed by atoms with Crippen LogP contribution in [0.2, 0.25) is 0 Å². The highest BCUT2D eigenvalue weighted by molar-refractivity contribution is 5.43. The van der Waals surface area contributed by atoms with Crippen LogP contribution in [-0.2, 0) is 13.0 Å². The van der Waals surface area contributed by atoms with Gasteiger partial charge in [-0.2, -0.15) is 0 Å². The van der Waals surface area contributed by atoms with Gasteiger partial charge in [0.25, 0.3) is 0 Å².